The number of hydrogen-bond donors (Lipinski definition) is 1. The number of pyridine rings is 1. The zero-order chi connectivity index (χ0) is 19.5. The second-order valence-electron chi connectivity index (χ2n) is 6.31. The van der Waals surface area contributed by atoms with E-state index >= 15 is 0 Å². The molecule has 0 fully saturated rings. The Bertz CT molecular complexity index is 1090. The lowest BCUT2D eigenvalue weighted by Crippen LogP contribution is -2.01. The van der Waals surface area contributed by atoms with Crippen LogP contribution in [0.1, 0.15) is 16.1 Å². The van der Waals surface area contributed by atoms with E-state index < -0.39 is 0 Å². The topological polar surface area (TPSA) is 61.0 Å². The number of nitrogens with two attached hydrogens (primary N) is 1. The summed E-state index contributed by atoms with van der Waals surface area (Å²) in [6.07, 6.45) is 2.11. The Balaban J connectivity index is 1.70. The molecule has 28 heavy (non-hydrogen) atoms. The van der Waals surface area contributed by atoms with Crippen LogP contribution in [0, 0.1) is 12.7 Å². The number of ether oxygens (including phenoxy) is 1. The molecule has 2 aromatic heterocycles. The number of hydrogen-bond acceptors (Lipinski definition) is 5. The zero-order valence-corrected chi connectivity index (χ0v) is 16.0. The number of thiazole rings is 1. The maximum Gasteiger partial charge on any atom is 0.208 e. The summed E-state index contributed by atoms with van der Waals surface area (Å²) in [5.41, 5.74) is 9.61. The minimum absolute atomic E-state index is 0.271. The highest BCUT2D eigenvalue weighted by Gasteiger charge is 2.17. The minimum atomic E-state index is -0.271. The van der Waals surface area contributed by atoms with E-state index in [1.165, 1.54) is 23.5 Å². The molecule has 2 aromatic carbocycles. The predicted molar refractivity (Wildman–Crippen MR) is 110 cm³/mol. The van der Waals surface area contributed by atoms with Crippen molar-refractivity contribution in [3.63, 3.8) is 0 Å². The van der Waals surface area contributed by atoms with Crippen molar-refractivity contribution in [2.75, 3.05) is 5.73 Å². The lowest BCUT2D eigenvalue weighted by atomic mass is 10.0. The van der Waals surface area contributed by atoms with Gasteiger partial charge in [-0.05, 0) is 30.7 Å². The third-order valence-electron chi connectivity index (χ3n) is 4.29. The normalized spacial score (nSPS) is 10.8. The van der Waals surface area contributed by atoms with E-state index in [2.05, 4.69) is 9.97 Å². The SMILES string of the molecule is Cc1nc(-c2ccccc2)c(Oc2ccnc(N)c2Cc2ccc(F)cc2)s1. The standard InChI is InChI=1S/C22H18FN3OS/c1-14-26-20(16-5-3-2-4-6-16)22(28-14)27-19-11-12-25-21(24)18(19)13-15-7-9-17(23)10-8-15/h2-12H,13H2,1H3,(H2,24,25). The maximum atomic E-state index is 13.2. The molecule has 0 saturated carbocycles. The van der Waals surface area contributed by atoms with Crippen LogP contribution in [0.3, 0.4) is 0 Å². The molecule has 140 valence electrons. The number of halogens is 1. The maximum absolute atomic E-state index is 13.2. The molecule has 4 rings (SSSR count). The Morgan fingerprint density at radius 3 is 2.54 bits per heavy atom. The van der Waals surface area contributed by atoms with Gasteiger partial charge in [-0.15, -0.1) is 0 Å². The third-order valence-corrected chi connectivity index (χ3v) is 5.14. The van der Waals surface area contributed by atoms with Gasteiger partial charge in [0, 0.05) is 23.7 Å². The van der Waals surface area contributed by atoms with Gasteiger partial charge in [0.1, 0.15) is 23.1 Å². The van der Waals surface area contributed by atoms with Crippen molar-refractivity contribution in [2.45, 2.75) is 13.3 Å². The van der Waals surface area contributed by atoms with E-state index in [1.807, 2.05) is 37.3 Å². The number of aromatic nitrogens is 2. The van der Waals surface area contributed by atoms with Crippen LogP contribution >= 0.6 is 11.3 Å². The molecule has 0 unspecified atom stereocenters. The van der Waals surface area contributed by atoms with Crippen LogP contribution < -0.4 is 10.5 Å². The van der Waals surface area contributed by atoms with E-state index in [9.17, 15) is 4.39 Å². The molecule has 0 bridgehead atoms. The molecule has 0 aliphatic heterocycles. The van der Waals surface area contributed by atoms with Crippen LogP contribution in [-0.4, -0.2) is 9.97 Å². The molecule has 0 atom stereocenters. The zero-order valence-electron chi connectivity index (χ0n) is 15.2. The summed E-state index contributed by atoms with van der Waals surface area (Å²) in [4.78, 5) is 8.82. The second-order valence-corrected chi connectivity index (χ2v) is 7.48. The number of benzene rings is 2. The first-order chi connectivity index (χ1) is 13.6. The van der Waals surface area contributed by atoms with Crippen LogP contribution in [0.5, 0.6) is 10.8 Å². The van der Waals surface area contributed by atoms with Gasteiger partial charge in [-0.3, -0.25) is 0 Å². The smallest absolute Gasteiger partial charge is 0.208 e. The van der Waals surface area contributed by atoms with Gasteiger partial charge in [-0.2, -0.15) is 0 Å². The van der Waals surface area contributed by atoms with Crippen LogP contribution in [-0.2, 0) is 6.42 Å². The average molecular weight is 391 g/mol. The molecule has 4 aromatic rings. The van der Waals surface area contributed by atoms with Gasteiger partial charge in [0.2, 0.25) is 5.06 Å². The van der Waals surface area contributed by atoms with E-state index in [0.29, 0.717) is 23.1 Å². The summed E-state index contributed by atoms with van der Waals surface area (Å²) in [5, 5.41) is 1.62. The highest BCUT2D eigenvalue weighted by atomic mass is 32.1. The molecule has 0 amide bonds. The van der Waals surface area contributed by atoms with Crippen LogP contribution in [0.2, 0.25) is 0 Å². The first kappa shape index (κ1) is 18.1. The number of aryl methyl sites for hydroxylation is 1. The summed E-state index contributed by atoms with van der Waals surface area (Å²) < 4.78 is 19.5. The summed E-state index contributed by atoms with van der Waals surface area (Å²) in [5.74, 6) is 0.744. The fourth-order valence-corrected chi connectivity index (χ4v) is 3.72. The van der Waals surface area contributed by atoms with Gasteiger partial charge in [0.15, 0.2) is 0 Å². The Morgan fingerprint density at radius 2 is 1.79 bits per heavy atom. The largest absolute Gasteiger partial charge is 0.444 e. The van der Waals surface area contributed by atoms with Crippen molar-refractivity contribution in [3.8, 4) is 22.1 Å². The number of nitrogens with zero attached hydrogens (tertiary/aromatic N) is 2. The molecule has 2 heterocycles. The first-order valence-electron chi connectivity index (χ1n) is 8.78. The molecule has 0 spiro atoms. The molecule has 2 N–H and O–H groups in total. The Kier molecular flexibility index (Phi) is 5.04. The fraction of sp³-hybridized carbons (Fsp3) is 0.0909. The van der Waals surface area contributed by atoms with Crippen molar-refractivity contribution in [1.29, 1.82) is 0 Å². The summed E-state index contributed by atoms with van der Waals surface area (Å²) in [6, 6.07) is 18.0. The lowest BCUT2D eigenvalue weighted by Gasteiger charge is -2.13. The second kappa shape index (κ2) is 7.78. The average Bonchev–Trinajstić information content (AvgIpc) is 3.07. The molecule has 0 aliphatic carbocycles. The van der Waals surface area contributed by atoms with Crippen LogP contribution in [0.25, 0.3) is 11.3 Å². The highest BCUT2D eigenvalue weighted by Crippen LogP contribution is 2.40. The summed E-state index contributed by atoms with van der Waals surface area (Å²) in [6.45, 7) is 1.95. The lowest BCUT2D eigenvalue weighted by molar-refractivity contribution is 0.491. The molecular formula is C22H18FN3OS. The predicted octanol–water partition coefficient (Wildman–Crippen LogP) is 5.62. The number of rotatable bonds is 5. The van der Waals surface area contributed by atoms with Crippen molar-refractivity contribution >= 4 is 17.2 Å². The van der Waals surface area contributed by atoms with Gasteiger partial charge in [-0.25, -0.2) is 14.4 Å². The molecule has 6 heteroatoms. The van der Waals surface area contributed by atoms with E-state index in [1.54, 1.807) is 24.4 Å². The summed E-state index contributed by atoms with van der Waals surface area (Å²) >= 11 is 1.48. The first-order valence-corrected chi connectivity index (χ1v) is 9.60. The molecule has 4 nitrogen and oxygen atoms in total. The highest BCUT2D eigenvalue weighted by molar-refractivity contribution is 7.13. The number of anilines is 1. The molecular weight excluding hydrogens is 373 g/mol. The minimum Gasteiger partial charge on any atom is -0.444 e. The van der Waals surface area contributed by atoms with Crippen LogP contribution in [0.15, 0.2) is 66.9 Å². The third kappa shape index (κ3) is 3.87. The van der Waals surface area contributed by atoms with Crippen LogP contribution in [0.4, 0.5) is 10.2 Å². The number of nitrogen functional groups attached to an aromatic ring is 1. The quantitative estimate of drug-likeness (QED) is 0.480. The monoisotopic (exact) mass is 391 g/mol. The van der Waals surface area contributed by atoms with Gasteiger partial charge < -0.3 is 10.5 Å². The Labute approximate surface area is 166 Å². The van der Waals surface area contributed by atoms with E-state index in [4.69, 9.17) is 10.5 Å². The van der Waals surface area contributed by atoms with Gasteiger partial charge in [-0.1, -0.05) is 53.8 Å². The summed E-state index contributed by atoms with van der Waals surface area (Å²) in [7, 11) is 0. The van der Waals surface area contributed by atoms with Gasteiger partial charge in [0.05, 0.1) is 5.01 Å². The molecule has 0 saturated heterocycles. The van der Waals surface area contributed by atoms with Crippen molar-refractivity contribution in [3.05, 3.63) is 88.8 Å². The van der Waals surface area contributed by atoms with Gasteiger partial charge >= 0.3 is 0 Å². The fourth-order valence-electron chi connectivity index (χ4n) is 2.93. The van der Waals surface area contributed by atoms with Crippen molar-refractivity contribution < 1.29 is 9.13 Å². The van der Waals surface area contributed by atoms with E-state index in [-0.39, 0.29) is 5.82 Å². The Hall–Kier alpha value is -3.25. The van der Waals surface area contributed by atoms with Crippen molar-refractivity contribution in [2.24, 2.45) is 0 Å². The molecule has 0 radical (unpaired) electrons. The Morgan fingerprint density at radius 1 is 1.04 bits per heavy atom. The molecule has 0 aliphatic rings. The van der Waals surface area contributed by atoms with Crippen molar-refractivity contribution in [1.82, 2.24) is 9.97 Å². The van der Waals surface area contributed by atoms with E-state index in [0.717, 1.165) is 27.4 Å². The van der Waals surface area contributed by atoms with Gasteiger partial charge in [0.25, 0.3) is 0 Å².